The van der Waals surface area contributed by atoms with Gasteiger partial charge in [0.05, 0.1) is 21.8 Å². The maximum Gasteiger partial charge on any atom is 0.337 e. The number of aromatic amines is 1. The third-order valence-electron chi connectivity index (χ3n) is 2.81. The molecular formula is C13H12ClN3O3. The van der Waals surface area contributed by atoms with Crippen LogP contribution in [0.4, 0.5) is 5.69 Å². The first-order valence-electron chi connectivity index (χ1n) is 5.76. The minimum atomic E-state index is -1.15. The van der Waals surface area contributed by atoms with E-state index in [0.717, 1.165) is 0 Å². The highest BCUT2D eigenvalue weighted by Gasteiger charge is 2.16. The zero-order chi connectivity index (χ0) is 14.9. The number of carbonyl (C=O) groups excluding carboxylic acids is 1. The molecule has 104 valence electrons. The molecule has 1 heterocycles. The normalized spacial score (nSPS) is 10.3. The largest absolute Gasteiger partial charge is 0.478 e. The molecule has 0 atom stereocenters. The van der Waals surface area contributed by atoms with Gasteiger partial charge in [0.1, 0.15) is 0 Å². The Labute approximate surface area is 119 Å². The van der Waals surface area contributed by atoms with Crippen molar-refractivity contribution < 1.29 is 14.7 Å². The van der Waals surface area contributed by atoms with Crippen molar-refractivity contribution in [3.8, 4) is 0 Å². The predicted molar refractivity (Wildman–Crippen MR) is 74.4 cm³/mol. The van der Waals surface area contributed by atoms with Gasteiger partial charge in [-0.05, 0) is 32.0 Å². The van der Waals surface area contributed by atoms with E-state index in [1.165, 1.54) is 18.2 Å². The number of aromatic nitrogens is 2. The topological polar surface area (TPSA) is 95.1 Å². The number of amides is 1. The van der Waals surface area contributed by atoms with E-state index in [1.807, 2.05) is 0 Å². The Bertz CT molecular complexity index is 675. The minimum Gasteiger partial charge on any atom is -0.478 e. The van der Waals surface area contributed by atoms with Crippen LogP contribution in [-0.4, -0.2) is 27.2 Å². The molecule has 0 unspecified atom stereocenters. The number of H-pyrrole nitrogens is 1. The molecule has 1 amide bonds. The van der Waals surface area contributed by atoms with E-state index in [1.54, 1.807) is 13.8 Å². The first-order chi connectivity index (χ1) is 9.40. The van der Waals surface area contributed by atoms with Gasteiger partial charge in [-0.15, -0.1) is 0 Å². The van der Waals surface area contributed by atoms with Crippen LogP contribution in [0, 0.1) is 13.8 Å². The Balaban J connectivity index is 2.29. The summed E-state index contributed by atoms with van der Waals surface area (Å²) in [7, 11) is 0. The second-order valence-electron chi connectivity index (χ2n) is 4.26. The van der Waals surface area contributed by atoms with Crippen LogP contribution in [0.5, 0.6) is 0 Å². The number of nitrogens with zero attached hydrogens (tertiary/aromatic N) is 1. The zero-order valence-electron chi connectivity index (χ0n) is 10.8. The molecule has 3 N–H and O–H groups in total. The fourth-order valence-corrected chi connectivity index (χ4v) is 2.04. The number of nitrogens with one attached hydrogen (secondary N) is 2. The fraction of sp³-hybridized carbons (Fsp3) is 0.154. The lowest BCUT2D eigenvalue weighted by molar-refractivity contribution is 0.0696. The number of hydrogen-bond donors (Lipinski definition) is 3. The molecule has 0 bridgehead atoms. The van der Waals surface area contributed by atoms with Gasteiger partial charge in [-0.25, -0.2) is 4.79 Å². The maximum atomic E-state index is 12.1. The summed E-state index contributed by atoms with van der Waals surface area (Å²) in [5.41, 5.74) is 1.96. The Morgan fingerprint density at radius 2 is 2.05 bits per heavy atom. The van der Waals surface area contributed by atoms with Gasteiger partial charge >= 0.3 is 5.97 Å². The van der Waals surface area contributed by atoms with E-state index >= 15 is 0 Å². The predicted octanol–water partition coefficient (Wildman–Crippen LogP) is 2.63. The highest BCUT2D eigenvalue weighted by atomic mass is 35.5. The lowest BCUT2D eigenvalue weighted by Crippen LogP contribution is -2.14. The van der Waals surface area contributed by atoms with Crippen LogP contribution in [0.15, 0.2) is 18.2 Å². The summed E-state index contributed by atoms with van der Waals surface area (Å²) in [5, 5.41) is 18.4. The van der Waals surface area contributed by atoms with Crippen molar-refractivity contribution in [2.45, 2.75) is 13.8 Å². The second kappa shape index (κ2) is 5.34. The van der Waals surface area contributed by atoms with Crippen LogP contribution in [0.3, 0.4) is 0 Å². The van der Waals surface area contributed by atoms with Gasteiger partial charge in [0, 0.05) is 11.4 Å². The van der Waals surface area contributed by atoms with Crippen molar-refractivity contribution in [2.24, 2.45) is 0 Å². The van der Waals surface area contributed by atoms with Crippen LogP contribution >= 0.6 is 11.6 Å². The third-order valence-corrected chi connectivity index (χ3v) is 3.14. The molecule has 2 rings (SSSR count). The number of aryl methyl sites for hydroxylation is 2. The van der Waals surface area contributed by atoms with Crippen molar-refractivity contribution in [3.63, 3.8) is 0 Å². The van der Waals surface area contributed by atoms with E-state index in [-0.39, 0.29) is 16.5 Å². The summed E-state index contributed by atoms with van der Waals surface area (Å²) < 4.78 is 0. The van der Waals surface area contributed by atoms with Gasteiger partial charge in [0.2, 0.25) is 0 Å². The van der Waals surface area contributed by atoms with E-state index in [2.05, 4.69) is 15.5 Å². The standard InChI is InChI=1S/C13H12ClN3O3/c1-6-11(7(2)17-16-6)12(18)15-8-3-4-10(14)9(5-8)13(19)20/h3-5H,1-2H3,(H,15,18)(H,16,17)(H,19,20). The van der Waals surface area contributed by atoms with Gasteiger partial charge in [-0.2, -0.15) is 5.10 Å². The molecule has 0 aliphatic carbocycles. The number of carboxylic acids is 1. The van der Waals surface area contributed by atoms with Gasteiger partial charge in [0.15, 0.2) is 0 Å². The lowest BCUT2D eigenvalue weighted by atomic mass is 10.1. The number of halogens is 1. The number of benzene rings is 1. The Hall–Kier alpha value is -2.34. The van der Waals surface area contributed by atoms with Crippen LogP contribution in [0.2, 0.25) is 5.02 Å². The molecule has 6 nitrogen and oxygen atoms in total. The highest BCUT2D eigenvalue weighted by Crippen LogP contribution is 2.21. The molecule has 0 radical (unpaired) electrons. The average molecular weight is 294 g/mol. The summed E-state index contributed by atoms with van der Waals surface area (Å²) in [6.07, 6.45) is 0. The van der Waals surface area contributed by atoms with Gasteiger partial charge < -0.3 is 10.4 Å². The first-order valence-corrected chi connectivity index (χ1v) is 6.13. The summed E-state index contributed by atoms with van der Waals surface area (Å²) in [6, 6.07) is 4.28. The van der Waals surface area contributed by atoms with Gasteiger partial charge in [-0.1, -0.05) is 11.6 Å². The Morgan fingerprint density at radius 3 is 2.60 bits per heavy atom. The molecule has 20 heavy (non-hydrogen) atoms. The molecule has 2 aromatic rings. The molecule has 0 saturated heterocycles. The van der Waals surface area contributed by atoms with Crippen LogP contribution in [0.25, 0.3) is 0 Å². The SMILES string of the molecule is Cc1n[nH]c(C)c1C(=O)Nc1ccc(Cl)c(C(=O)O)c1. The van der Waals surface area contributed by atoms with Crippen molar-refractivity contribution in [1.29, 1.82) is 0 Å². The smallest absolute Gasteiger partial charge is 0.337 e. The van der Waals surface area contributed by atoms with Crippen molar-refractivity contribution in [3.05, 3.63) is 45.7 Å². The van der Waals surface area contributed by atoms with Crippen molar-refractivity contribution in [1.82, 2.24) is 10.2 Å². The summed E-state index contributed by atoms with van der Waals surface area (Å²) in [4.78, 5) is 23.1. The first kappa shape index (κ1) is 14.1. The van der Waals surface area contributed by atoms with Crippen LogP contribution < -0.4 is 5.32 Å². The van der Waals surface area contributed by atoms with E-state index in [0.29, 0.717) is 22.6 Å². The molecule has 0 aliphatic heterocycles. The van der Waals surface area contributed by atoms with Gasteiger partial charge in [0.25, 0.3) is 5.91 Å². The van der Waals surface area contributed by atoms with Crippen molar-refractivity contribution >= 4 is 29.2 Å². The number of anilines is 1. The molecule has 0 saturated carbocycles. The molecule has 0 spiro atoms. The molecule has 1 aromatic carbocycles. The monoisotopic (exact) mass is 293 g/mol. The number of carbonyl (C=O) groups is 2. The summed E-state index contributed by atoms with van der Waals surface area (Å²) >= 11 is 5.77. The number of hydrogen-bond acceptors (Lipinski definition) is 3. The average Bonchev–Trinajstić information content (AvgIpc) is 2.71. The molecular weight excluding hydrogens is 282 g/mol. The van der Waals surface area contributed by atoms with E-state index in [4.69, 9.17) is 16.7 Å². The minimum absolute atomic E-state index is 0.0647. The van der Waals surface area contributed by atoms with Crippen LogP contribution in [-0.2, 0) is 0 Å². The lowest BCUT2D eigenvalue weighted by Gasteiger charge is -2.07. The van der Waals surface area contributed by atoms with Crippen molar-refractivity contribution in [2.75, 3.05) is 5.32 Å². The summed E-state index contributed by atoms with van der Waals surface area (Å²) in [6.45, 7) is 3.45. The van der Waals surface area contributed by atoms with E-state index < -0.39 is 5.97 Å². The maximum absolute atomic E-state index is 12.1. The Kier molecular flexibility index (Phi) is 3.76. The molecule has 0 fully saturated rings. The Morgan fingerprint density at radius 1 is 1.35 bits per heavy atom. The highest BCUT2D eigenvalue weighted by molar-refractivity contribution is 6.33. The zero-order valence-corrected chi connectivity index (χ0v) is 11.6. The number of aromatic carboxylic acids is 1. The quantitative estimate of drug-likeness (QED) is 0.810. The number of carboxylic acid groups (broad SMARTS) is 1. The summed E-state index contributed by atoms with van der Waals surface area (Å²) in [5.74, 6) is -1.51. The molecule has 7 heteroatoms. The fourth-order valence-electron chi connectivity index (χ4n) is 1.85. The van der Waals surface area contributed by atoms with E-state index in [9.17, 15) is 9.59 Å². The molecule has 1 aromatic heterocycles. The van der Waals surface area contributed by atoms with Gasteiger partial charge in [-0.3, -0.25) is 9.89 Å². The second-order valence-corrected chi connectivity index (χ2v) is 4.67. The number of rotatable bonds is 3. The molecule has 0 aliphatic rings. The van der Waals surface area contributed by atoms with Crippen LogP contribution in [0.1, 0.15) is 32.1 Å². The third kappa shape index (κ3) is 2.65.